The molecule has 1 aliphatic heterocycles. The first-order chi connectivity index (χ1) is 11.6. The SMILES string of the molecule is O=C(CC1CCCCC1)NC1CCC(C(=O)N2CC[C@@H](O)C2)CC1. The Morgan fingerprint density at radius 1 is 0.958 bits per heavy atom. The molecule has 24 heavy (non-hydrogen) atoms. The van der Waals surface area contributed by atoms with Gasteiger partial charge in [0, 0.05) is 31.5 Å². The lowest BCUT2D eigenvalue weighted by Gasteiger charge is -2.31. The van der Waals surface area contributed by atoms with Crippen LogP contribution in [0, 0.1) is 11.8 Å². The number of β-amino-alcohol motifs (C(OH)–C–C–N with tert-alkyl or cyclic N) is 1. The van der Waals surface area contributed by atoms with E-state index < -0.39 is 0 Å². The van der Waals surface area contributed by atoms with Crippen molar-refractivity contribution in [3.63, 3.8) is 0 Å². The summed E-state index contributed by atoms with van der Waals surface area (Å²) in [5, 5.41) is 12.8. The Hall–Kier alpha value is -1.10. The number of aliphatic hydroxyl groups excluding tert-OH is 1. The van der Waals surface area contributed by atoms with Crippen LogP contribution in [-0.4, -0.2) is 47.1 Å². The molecule has 0 aromatic rings. The quantitative estimate of drug-likeness (QED) is 0.827. The van der Waals surface area contributed by atoms with Crippen LogP contribution in [0.2, 0.25) is 0 Å². The number of aliphatic hydroxyl groups is 1. The Kier molecular flexibility index (Phi) is 6.14. The second kappa shape index (κ2) is 8.32. The van der Waals surface area contributed by atoms with Gasteiger partial charge in [-0.25, -0.2) is 0 Å². The van der Waals surface area contributed by atoms with Crippen molar-refractivity contribution in [2.24, 2.45) is 11.8 Å². The van der Waals surface area contributed by atoms with Crippen molar-refractivity contribution < 1.29 is 14.7 Å². The summed E-state index contributed by atoms with van der Waals surface area (Å²) in [6.45, 7) is 1.19. The highest BCUT2D eigenvalue weighted by Gasteiger charge is 2.33. The average molecular weight is 336 g/mol. The third-order valence-corrected chi connectivity index (χ3v) is 6.12. The zero-order valence-electron chi connectivity index (χ0n) is 14.7. The fourth-order valence-electron chi connectivity index (χ4n) is 4.62. The summed E-state index contributed by atoms with van der Waals surface area (Å²) in [6.07, 6.45) is 10.9. The fraction of sp³-hybridized carbons (Fsp3) is 0.895. The van der Waals surface area contributed by atoms with E-state index >= 15 is 0 Å². The Morgan fingerprint density at radius 2 is 1.67 bits per heavy atom. The molecule has 0 unspecified atom stereocenters. The van der Waals surface area contributed by atoms with Crippen LogP contribution in [0.5, 0.6) is 0 Å². The van der Waals surface area contributed by atoms with E-state index in [4.69, 9.17) is 0 Å². The van der Waals surface area contributed by atoms with Gasteiger partial charge in [0.25, 0.3) is 0 Å². The van der Waals surface area contributed by atoms with E-state index in [-0.39, 0.29) is 29.9 Å². The van der Waals surface area contributed by atoms with Crippen LogP contribution >= 0.6 is 0 Å². The zero-order valence-corrected chi connectivity index (χ0v) is 14.7. The van der Waals surface area contributed by atoms with Crippen LogP contribution in [0.15, 0.2) is 0 Å². The maximum atomic E-state index is 12.5. The van der Waals surface area contributed by atoms with Crippen molar-refractivity contribution in [1.82, 2.24) is 10.2 Å². The molecule has 5 nitrogen and oxygen atoms in total. The summed E-state index contributed by atoms with van der Waals surface area (Å²) in [5.41, 5.74) is 0. The fourth-order valence-corrected chi connectivity index (χ4v) is 4.62. The molecule has 3 rings (SSSR count). The molecular formula is C19H32N2O3. The molecule has 0 bridgehead atoms. The molecule has 0 spiro atoms. The molecule has 3 aliphatic rings. The van der Waals surface area contributed by atoms with E-state index in [0.29, 0.717) is 31.8 Å². The molecule has 1 atom stereocenters. The molecule has 3 fully saturated rings. The lowest BCUT2D eigenvalue weighted by molar-refractivity contribution is -0.136. The van der Waals surface area contributed by atoms with Gasteiger partial charge in [0.2, 0.25) is 11.8 Å². The normalized spacial score (nSPS) is 31.9. The van der Waals surface area contributed by atoms with E-state index in [0.717, 1.165) is 25.7 Å². The molecule has 0 radical (unpaired) electrons. The van der Waals surface area contributed by atoms with Gasteiger partial charge in [-0.2, -0.15) is 0 Å². The monoisotopic (exact) mass is 336 g/mol. The van der Waals surface area contributed by atoms with Crippen LogP contribution in [0.4, 0.5) is 0 Å². The minimum atomic E-state index is -0.343. The number of nitrogens with zero attached hydrogens (tertiary/aromatic N) is 1. The average Bonchev–Trinajstić information content (AvgIpc) is 3.02. The predicted octanol–water partition coefficient (Wildman–Crippen LogP) is 2.22. The number of hydrogen-bond acceptors (Lipinski definition) is 3. The lowest BCUT2D eigenvalue weighted by atomic mass is 9.84. The largest absolute Gasteiger partial charge is 0.391 e. The topological polar surface area (TPSA) is 69.6 Å². The highest BCUT2D eigenvalue weighted by atomic mass is 16.3. The van der Waals surface area contributed by atoms with E-state index in [2.05, 4.69) is 5.32 Å². The van der Waals surface area contributed by atoms with Gasteiger partial charge in [-0.05, 0) is 50.9 Å². The summed E-state index contributed by atoms with van der Waals surface area (Å²) in [4.78, 5) is 26.5. The molecule has 2 N–H and O–H groups in total. The van der Waals surface area contributed by atoms with Crippen LogP contribution < -0.4 is 5.32 Å². The Morgan fingerprint density at radius 3 is 2.29 bits per heavy atom. The van der Waals surface area contributed by atoms with Crippen molar-refractivity contribution in [3.05, 3.63) is 0 Å². The zero-order chi connectivity index (χ0) is 16.9. The molecule has 0 aromatic heterocycles. The Balaban J connectivity index is 1.37. The molecule has 2 saturated carbocycles. The van der Waals surface area contributed by atoms with E-state index in [9.17, 15) is 14.7 Å². The van der Waals surface area contributed by atoms with Gasteiger partial charge in [-0.15, -0.1) is 0 Å². The van der Waals surface area contributed by atoms with Crippen molar-refractivity contribution in [3.8, 4) is 0 Å². The molecule has 1 saturated heterocycles. The van der Waals surface area contributed by atoms with Gasteiger partial charge in [0.1, 0.15) is 0 Å². The van der Waals surface area contributed by atoms with E-state index in [1.54, 1.807) is 0 Å². The number of hydrogen-bond donors (Lipinski definition) is 2. The number of likely N-dealkylation sites (tertiary alicyclic amines) is 1. The van der Waals surface area contributed by atoms with Crippen molar-refractivity contribution in [2.75, 3.05) is 13.1 Å². The van der Waals surface area contributed by atoms with Crippen molar-refractivity contribution in [1.29, 1.82) is 0 Å². The first-order valence-corrected chi connectivity index (χ1v) is 9.88. The van der Waals surface area contributed by atoms with Gasteiger partial charge in [0.15, 0.2) is 0 Å². The summed E-state index contributed by atoms with van der Waals surface area (Å²) >= 11 is 0. The summed E-state index contributed by atoms with van der Waals surface area (Å²) < 4.78 is 0. The third kappa shape index (κ3) is 4.71. The third-order valence-electron chi connectivity index (χ3n) is 6.12. The van der Waals surface area contributed by atoms with Crippen molar-refractivity contribution >= 4 is 11.8 Å². The molecule has 2 aliphatic carbocycles. The Bertz CT molecular complexity index is 440. The molecule has 5 heteroatoms. The lowest BCUT2D eigenvalue weighted by Crippen LogP contribution is -2.42. The van der Waals surface area contributed by atoms with Gasteiger partial charge in [-0.1, -0.05) is 19.3 Å². The number of amides is 2. The van der Waals surface area contributed by atoms with Gasteiger partial charge in [-0.3, -0.25) is 9.59 Å². The molecule has 1 heterocycles. The number of nitrogens with one attached hydrogen (secondary N) is 1. The van der Waals surface area contributed by atoms with Crippen LogP contribution in [0.25, 0.3) is 0 Å². The van der Waals surface area contributed by atoms with Crippen LogP contribution in [0.1, 0.15) is 70.6 Å². The standard InChI is InChI=1S/C19H32N2O3/c22-17-10-11-21(13-17)19(24)15-6-8-16(9-7-15)20-18(23)12-14-4-2-1-3-5-14/h14-17,22H,1-13H2,(H,20,23)/t15?,16?,17-/m1/s1. The molecule has 136 valence electrons. The van der Waals surface area contributed by atoms with Gasteiger partial charge in [0.05, 0.1) is 6.10 Å². The van der Waals surface area contributed by atoms with Crippen LogP contribution in [0.3, 0.4) is 0 Å². The summed E-state index contributed by atoms with van der Waals surface area (Å²) in [6, 6.07) is 0.245. The van der Waals surface area contributed by atoms with Crippen LogP contribution in [-0.2, 0) is 9.59 Å². The minimum Gasteiger partial charge on any atom is -0.391 e. The highest BCUT2D eigenvalue weighted by Crippen LogP contribution is 2.29. The first-order valence-electron chi connectivity index (χ1n) is 9.88. The maximum Gasteiger partial charge on any atom is 0.225 e. The number of carbonyl (C=O) groups is 2. The smallest absolute Gasteiger partial charge is 0.225 e. The van der Waals surface area contributed by atoms with Gasteiger partial charge < -0.3 is 15.3 Å². The molecular weight excluding hydrogens is 304 g/mol. The van der Waals surface area contributed by atoms with E-state index in [1.807, 2.05) is 4.90 Å². The minimum absolute atomic E-state index is 0.0850. The summed E-state index contributed by atoms with van der Waals surface area (Å²) in [7, 11) is 0. The number of carbonyl (C=O) groups excluding carboxylic acids is 2. The molecule has 0 aromatic carbocycles. The highest BCUT2D eigenvalue weighted by molar-refractivity contribution is 5.79. The first kappa shape index (κ1) is 17.7. The Labute approximate surface area is 145 Å². The van der Waals surface area contributed by atoms with Crippen molar-refractivity contribution in [2.45, 2.75) is 82.8 Å². The van der Waals surface area contributed by atoms with Gasteiger partial charge >= 0.3 is 0 Å². The number of rotatable bonds is 4. The predicted molar refractivity (Wildman–Crippen MR) is 92.3 cm³/mol. The van der Waals surface area contributed by atoms with E-state index in [1.165, 1.54) is 32.1 Å². The second-order valence-corrected chi connectivity index (χ2v) is 8.05. The molecule has 2 amide bonds. The maximum absolute atomic E-state index is 12.5. The second-order valence-electron chi connectivity index (χ2n) is 8.05. The summed E-state index contributed by atoms with van der Waals surface area (Å²) in [5.74, 6) is 1.08.